The third-order valence-electron chi connectivity index (χ3n) is 2.46. The van der Waals surface area contributed by atoms with E-state index < -0.39 is 0 Å². The Hall–Kier alpha value is -0.770. The van der Waals surface area contributed by atoms with Crippen LogP contribution in [0.5, 0.6) is 0 Å². The second kappa shape index (κ2) is 4.39. The van der Waals surface area contributed by atoms with Crippen LogP contribution in [0.3, 0.4) is 0 Å². The maximum Gasteiger partial charge on any atom is 0.198 e. The molecule has 2 aromatic heterocycles. The molecule has 0 aliphatic heterocycles. The molecule has 2 nitrogen and oxygen atoms in total. The minimum atomic E-state index is 0.113. The van der Waals surface area contributed by atoms with Gasteiger partial charge in [-0.3, -0.25) is 0 Å². The topological polar surface area (TPSA) is 25.2 Å². The molecule has 0 spiro atoms. The van der Waals surface area contributed by atoms with E-state index >= 15 is 0 Å². The second-order valence-corrected chi connectivity index (χ2v) is 4.77. The van der Waals surface area contributed by atoms with Crippen LogP contribution in [0.1, 0.15) is 22.0 Å². The van der Waals surface area contributed by atoms with Crippen LogP contribution >= 0.6 is 22.9 Å². The molecule has 0 aromatic carbocycles. The Morgan fingerprint density at radius 2 is 2.20 bits per heavy atom. The molecular formula is C11H12ClNOS. The molecule has 0 radical (unpaired) electrons. The fourth-order valence-corrected chi connectivity index (χ4v) is 2.65. The summed E-state index contributed by atoms with van der Waals surface area (Å²) in [6.45, 7) is 2.11. The lowest BCUT2D eigenvalue weighted by Gasteiger charge is -2.14. The lowest BCUT2D eigenvalue weighted by molar-refractivity contribution is 0.559. The molecule has 0 bridgehead atoms. The van der Waals surface area contributed by atoms with E-state index in [-0.39, 0.29) is 6.04 Å². The third-order valence-corrected chi connectivity index (χ3v) is 3.62. The van der Waals surface area contributed by atoms with Gasteiger partial charge in [-0.05, 0) is 48.6 Å². The van der Waals surface area contributed by atoms with Crippen molar-refractivity contribution in [3.05, 3.63) is 45.0 Å². The summed E-state index contributed by atoms with van der Waals surface area (Å²) in [6, 6.07) is 4.13. The number of hydrogen-bond donors (Lipinski definition) is 1. The Balaban J connectivity index is 2.41. The van der Waals surface area contributed by atoms with Gasteiger partial charge in [-0.2, -0.15) is 0 Å². The van der Waals surface area contributed by atoms with Crippen molar-refractivity contribution >= 4 is 22.9 Å². The van der Waals surface area contributed by atoms with E-state index in [1.807, 2.05) is 13.1 Å². The summed E-state index contributed by atoms with van der Waals surface area (Å²) in [5.41, 5.74) is 2.24. The molecule has 1 unspecified atom stereocenters. The zero-order valence-electron chi connectivity index (χ0n) is 8.58. The number of rotatable bonds is 3. The molecule has 80 valence electrons. The average Bonchev–Trinajstić information content (AvgIpc) is 2.80. The van der Waals surface area contributed by atoms with Crippen LogP contribution < -0.4 is 5.32 Å². The van der Waals surface area contributed by atoms with Crippen molar-refractivity contribution < 1.29 is 4.42 Å². The predicted molar refractivity (Wildman–Crippen MR) is 63.7 cm³/mol. The molecule has 15 heavy (non-hydrogen) atoms. The van der Waals surface area contributed by atoms with Gasteiger partial charge in [0.25, 0.3) is 0 Å². The molecule has 1 N–H and O–H groups in total. The van der Waals surface area contributed by atoms with E-state index in [0.29, 0.717) is 5.22 Å². The summed E-state index contributed by atoms with van der Waals surface area (Å²) in [5.74, 6) is 0. The Kier molecular flexibility index (Phi) is 3.14. The van der Waals surface area contributed by atoms with Crippen molar-refractivity contribution in [1.29, 1.82) is 0 Å². The highest BCUT2D eigenvalue weighted by molar-refractivity contribution is 7.10. The second-order valence-electron chi connectivity index (χ2n) is 3.30. The summed E-state index contributed by atoms with van der Waals surface area (Å²) >= 11 is 7.72. The molecule has 0 aliphatic rings. The van der Waals surface area contributed by atoms with Crippen molar-refractivity contribution in [2.75, 3.05) is 7.05 Å². The largest absolute Gasteiger partial charge is 0.453 e. The van der Waals surface area contributed by atoms with Crippen LogP contribution in [0.2, 0.25) is 5.22 Å². The van der Waals surface area contributed by atoms with Crippen molar-refractivity contribution in [1.82, 2.24) is 5.32 Å². The van der Waals surface area contributed by atoms with Crippen molar-refractivity contribution in [3.8, 4) is 0 Å². The van der Waals surface area contributed by atoms with Gasteiger partial charge in [0.1, 0.15) is 0 Å². The van der Waals surface area contributed by atoms with E-state index in [0.717, 1.165) is 5.56 Å². The molecule has 4 heteroatoms. The third kappa shape index (κ3) is 1.95. The molecular weight excluding hydrogens is 230 g/mol. The average molecular weight is 242 g/mol. The highest BCUT2D eigenvalue weighted by Crippen LogP contribution is 2.32. The zero-order chi connectivity index (χ0) is 10.8. The molecule has 0 aliphatic carbocycles. The minimum absolute atomic E-state index is 0.113. The first-order chi connectivity index (χ1) is 7.24. The first-order valence-corrected chi connectivity index (χ1v) is 5.94. The molecule has 0 saturated heterocycles. The van der Waals surface area contributed by atoms with Crippen LogP contribution in [-0.4, -0.2) is 7.05 Å². The van der Waals surface area contributed by atoms with Gasteiger partial charge in [-0.25, -0.2) is 0 Å². The van der Waals surface area contributed by atoms with Gasteiger partial charge in [-0.1, -0.05) is 0 Å². The van der Waals surface area contributed by atoms with E-state index in [2.05, 4.69) is 23.7 Å². The number of halogens is 1. The lowest BCUT2D eigenvalue weighted by Crippen LogP contribution is -2.17. The molecule has 2 rings (SSSR count). The van der Waals surface area contributed by atoms with Crippen LogP contribution in [0.15, 0.2) is 28.2 Å². The van der Waals surface area contributed by atoms with E-state index in [4.69, 9.17) is 16.0 Å². The summed E-state index contributed by atoms with van der Waals surface area (Å²) in [6.07, 6.45) is 1.61. The summed E-state index contributed by atoms with van der Waals surface area (Å²) in [7, 11) is 1.92. The highest BCUT2D eigenvalue weighted by Gasteiger charge is 2.19. The van der Waals surface area contributed by atoms with Gasteiger partial charge in [0, 0.05) is 10.4 Å². The maximum absolute atomic E-state index is 5.98. The molecule has 0 amide bonds. The number of aryl methyl sites for hydroxylation is 1. The Morgan fingerprint density at radius 3 is 2.67 bits per heavy atom. The number of thiophene rings is 1. The van der Waals surface area contributed by atoms with Gasteiger partial charge in [-0.15, -0.1) is 11.3 Å². The summed E-state index contributed by atoms with van der Waals surface area (Å²) in [4.78, 5) is 1.30. The number of furan rings is 1. The first-order valence-electron chi connectivity index (χ1n) is 4.68. The molecule has 2 aromatic rings. The van der Waals surface area contributed by atoms with Crippen LogP contribution in [0, 0.1) is 6.92 Å². The molecule has 0 saturated carbocycles. The quantitative estimate of drug-likeness (QED) is 0.888. The smallest absolute Gasteiger partial charge is 0.198 e. The monoisotopic (exact) mass is 241 g/mol. The zero-order valence-corrected chi connectivity index (χ0v) is 10.2. The SMILES string of the molecule is CNC(c1ccoc1Cl)c1ccsc1C. The predicted octanol–water partition coefficient (Wildman–Crippen LogP) is 3.61. The Morgan fingerprint density at radius 1 is 1.40 bits per heavy atom. The van der Waals surface area contributed by atoms with Crippen LogP contribution in [0.25, 0.3) is 0 Å². The van der Waals surface area contributed by atoms with Gasteiger partial charge in [0.15, 0.2) is 5.22 Å². The molecule has 2 heterocycles. The molecule has 0 fully saturated rings. The summed E-state index contributed by atoms with van der Waals surface area (Å²) in [5, 5.41) is 5.80. The van der Waals surface area contributed by atoms with Gasteiger partial charge >= 0.3 is 0 Å². The fourth-order valence-electron chi connectivity index (χ4n) is 1.68. The van der Waals surface area contributed by atoms with E-state index in [1.165, 1.54) is 10.4 Å². The van der Waals surface area contributed by atoms with Crippen molar-refractivity contribution in [2.45, 2.75) is 13.0 Å². The number of hydrogen-bond acceptors (Lipinski definition) is 3. The van der Waals surface area contributed by atoms with Crippen LogP contribution in [0.4, 0.5) is 0 Å². The van der Waals surface area contributed by atoms with Crippen molar-refractivity contribution in [3.63, 3.8) is 0 Å². The maximum atomic E-state index is 5.98. The Bertz CT molecular complexity index is 409. The van der Waals surface area contributed by atoms with E-state index in [1.54, 1.807) is 17.6 Å². The van der Waals surface area contributed by atoms with Gasteiger partial charge < -0.3 is 9.73 Å². The number of nitrogens with one attached hydrogen (secondary N) is 1. The van der Waals surface area contributed by atoms with Gasteiger partial charge in [0.05, 0.1) is 12.3 Å². The van der Waals surface area contributed by atoms with Crippen molar-refractivity contribution in [2.24, 2.45) is 0 Å². The summed E-state index contributed by atoms with van der Waals surface area (Å²) < 4.78 is 5.11. The minimum Gasteiger partial charge on any atom is -0.453 e. The molecule has 1 atom stereocenters. The fraction of sp³-hybridized carbons (Fsp3) is 0.273. The lowest BCUT2D eigenvalue weighted by atomic mass is 10.0. The highest BCUT2D eigenvalue weighted by atomic mass is 35.5. The normalized spacial score (nSPS) is 13.0. The van der Waals surface area contributed by atoms with Gasteiger partial charge in [0.2, 0.25) is 0 Å². The Labute approximate surface area is 97.9 Å². The standard InChI is InChI=1S/C11H12ClNOS/c1-7-8(4-6-15-7)10(13-2)9-3-5-14-11(9)12/h3-6,10,13H,1-2H3. The van der Waals surface area contributed by atoms with E-state index in [9.17, 15) is 0 Å². The first kappa shape index (κ1) is 10.7. The van der Waals surface area contributed by atoms with Crippen LogP contribution in [-0.2, 0) is 0 Å².